The molecule has 26 heavy (non-hydrogen) atoms. The normalized spacial score (nSPS) is 15.2. The highest BCUT2D eigenvalue weighted by atomic mass is 35.5. The first-order valence-electron chi connectivity index (χ1n) is 8.77. The Morgan fingerprint density at radius 1 is 1.12 bits per heavy atom. The van der Waals surface area contributed by atoms with Gasteiger partial charge in [-0.2, -0.15) is 0 Å². The molecule has 1 fully saturated rings. The van der Waals surface area contributed by atoms with Gasteiger partial charge in [-0.05, 0) is 31.9 Å². The van der Waals surface area contributed by atoms with E-state index in [1.54, 1.807) is 6.07 Å². The van der Waals surface area contributed by atoms with Gasteiger partial charge in [0.25, 0.3) is 0 Å². The molecule has 2 heterocycles. The first-order valence-corrected chi connectivity index (χ1v) is 9.15. The zero-order valence-electron chi connectivity index (χ0n) is 15.4. The number of benzene rings is 1. The van der Waals surface area contributed by atoms with E-state index >= 15 is 0 Å². The maximum Gasteiger partial charge on any atom is 0.238 e. The summed E-state index contributed by atoms with van der Waals surface area (Å²) in [5.41, 5.74) is 3.08. The molecule has 1 aliphatic heterocycles. The number of para-hydroxylation sites is 1. The molecule has 0 spiro atoms. The van der Waals surface area contributed by atoms with E-state index in [1.807, 2.05) is 39.0 Å². The van der Waals surface area contributed by atoms with E-state index in [2.05, 4.69) is 25.1 Å². The third-order valence-electron chi connectivity index (χ3n) is 4.60. The van der Waals surface area contributed by atoms with Gasteiger partial charge in [-0.25, -0.2) is 9.97 Å². The third kappa shape index (κ3) is 4.51. The summed E-state index contributed by atoms with van der Waals surface area (Å²) in [7, 11) is 0. The van der Waals surface area contributed by atoms with Gasteiger partial charge in [0.1, 0.15) is 16.8 Å². The molecule has 0 atom stereocenters. The van der Waals surface area contributed by atoms with Gasteiger partial charge < -0.3 is 10.2 Å². The third-order valence-corrected chi connectivity index (χ3v) is 4.80. The second-order valence-electron chi connectivity index (χ2n) is 6.67. The number of hydrogen-bond donors (Lipinski definition) is 1. The quantitative estimate of drug-likeness (QED) is 0.835. The number of aryl methyl sites for hydroxylation is 3. The van der Waals surface area contributed by atoms with Crippen molar-refractivity contribution in [2.75, 3.05) is 42.9 Å². The minimum Gasteiger partial charge on any atom is -0.354 e. The average Bonchev–Trinajstić information content (AvgIpc) is 2.58. The largest absolute Gasteiger partial charge is 0.354 e. The van der Waals surface area contributed by atoms with Crippen LogP contribution < -0.4 is 10.2 Å². The number of amides is 1. The molecule has 1 aromatic carbocycles. The van der Waals surface area contributed by atoms with Gasteiger partial charge in [0.15, 0.2) is 0 Å². The zero-order valence-corrected chi connectivity index (χ0v) is 16.2. The number of anilines is 2. The van der Waals surface area contributed by atoms with Crippen LogP contribution in [0, 0.1) is 20.8 Å². The average molecular weight is 374 g/mol. The van der Waals surface area contributed by atoms with E-state index < -0.39 is 0 Å². The highest BCUT2D eigenvalue weighted by molar-refractivity contribution is 6.29. The van der Waals surface area contributed by atoms with Gasteiger partial charge in [-0.1, -0.05) is 29.8 Å². The van der Waals surface area contributed by atoms with Gasteiger partial charge in [-0.3, -0.25) is 9.69 Å². The summed E-state index contributed by atoms with van der Waals surface area (Å²) >= 11 is 6.03. The predicted octanol–water partition coefficient (Wildman–Crippen LogP) is 2.82. The van der Waals surface area contributed by atoms with Crippen molar-refractivity contribution in [1.29, 1.82) is 0 Å². The monoisotopic (exact) mass is 373 g/mol. The van der Waals surface area contributed by atoms with Crippen molar-refractivity contribution in [2.24, 2.45) is 0 Å². The van der Waals surface area contributed by atoms with E-state index in [1.165, 1.54) is 0 Å². The lowest BCUT2D eigenvalue weighted by molar-refractivity contribution is -0.117. The molecule has 1 aliphatic rings. The van der Waals surface area contributed by atoms with E-state index in [-0.39, 0.29) is 5.91 Å². The Morgan fingerprint density at radius 2 is 1.77 bits per heavy atom. The van der Waals surface area contributed by atoms with Crippen molar-refractivity contribution in [1.82, 2.24) is 14.9 Å². The minimum absolute atomic E-state index is 0.0248. The van der Waals surface area contributed by atoms with Crippen molar-refractivity contribution in [2.45, 2.75) is 20.8 Å². The van der Waals surface area contributed by atoms with Crippen LogP contribution in [0.4, 0.5) is 11.5 Å². The number of rotatable bonds is 4. The van der Waals surface area contributed by atoms with Crippen LogP contribution in [0.1, 0.15) is 17.0 Å². The summed E-state index contributed by atoms with van der Waals surface area (Å²) in [4.78, 5) is 25.3. The molecular formula is C19H24ClN5O. The number of nitrogens with zero attached hydrogens (tertiary/aromatic N) is 4. The molecule has 3 rings (SSSR count). The SMILES string of the molecule is Cc1nc(Cl)cc(N2CCN(CC(=O)Nc3c(C)cccc3C)CC2)n1. The Hall–Kier alpha value is -2.18. The summed E-state index contributed by atoms with van der Waals surface area (Å²) < 4.78 is 0. The Labute approximate surface area is 159 Å². The van der Waals surface area contributed by atoms with Crippen LogP contribution >= 0.6 is 11.6 Å². The predicted molar refractivity (Wildman–Crippen MR) is 105 cm³/mol. The van der Waals surface area contributed by atoms with Crippen LogP contribution in [0.2, 0.25) is 5.15 Å². The van der Waals surface area contributed by atoms with E-state index in [0.717, 1.165) is 48.8 Å². The molecule has 1 aromatic heterocycles. The molecule has 2 aromatic rings. The number of carbonyl (C=O) groups is 1. The summed E-state index contributed by atoms with van der Waals surface area (Å²) in [6.07, 6.45) is 0. The zero-order chi connectivity index (χ0) is 18.7. The maximum absolute atomic E-state index is 12.4. The Morgan fingerprint density at radius 3 is 2.38 bits per heavy atom. The Kier molecular flexibility index (Phi) is 5.74. The van der Waals surface area contributed by atoms with Crippen LogP contribution in [-0.2, 0) is 4.79 Å². The number of halogens is 1. The highest BCUT2D eigenvalue weighted by Crippen LogP contribution is 2.20. The lowest BCUT2D eigenvalue weighted by atomic mass is 10.1. The molecule has 1 amide bonds. The fraction of sp³-hybridized carbons (Fsp3) is 0.421. The van der Waals surface area contributed by atoms with E-state index in [9.17, 15) is 4.79 Å². The van der Waals surface area contributed by atoms with Gasteiger partial charge in [-0.15, -0.1) is 0 Å². The first kappa shape index (κ1) is 18.6. The number of carbonyl (C=O) groups excluding carboxylic acids is 1. The summed E-state index contributed by atoms with van der Waals surface area (Å²) in [6.45, 7) is 9.48. The van der Waals surface area contributed by atoms with Crippen molar-refractivity contribution >= 4 is 29.0 Å². The second-order valence-corrected chi connectivity index (χ2v) is 7.06. The van der Waals surface area contributed by atoms with Crippen LogP contribution in [0.15, 0.2) is 24.3 Å². The lowest BCUT2D eigenvalue weighted by Gasteiger charge is -2.35. The van der Waals surface area contributed by atoms with E-state index in [0.29, 0.717) is 17.5 Å². The fourth-order valence-corrected chi connectivity index (χ4v) is 3.43. The molecule has 138 valence electrons. The number of piperazine rings is 1. The number of hydrogen-bond acceptors (Lipinski definition) is 5. The number of aromatic nitrogens is 2. The fourth-order valence-electron chi connectivity index (χ4n) is 3.21. The molecule has 1 N–H and O–H groups in total. The van der Waals surface area contributed by atoms with Crippen LogP contribution in [0.3, 0.4) is 0 Å². The van der Waals surface area contributed by atoms with Crippen molar-refractivity contribution in [3.8, 4) is 0 Å². The van der Waals surface area contributed by atoms with Gasteiger partial charge in [0, 0.05) is 37.9 Å². The van der Waals surface area contributed by atoms with Gasteiger partial charge in [0.05, 0.1) is 6.54 Å². The van der Waals surface area contributed by atoms with Gasteiger partial charge in [0.2, 0.25) is 5.91 Å². The van der Waals surface area contributed by atoms with Crippen molar-refractivity contribution < 1.29 is 4.79 Å². The highest BCUT2D eigenvalue weighted by Gasteiger charge is 2.21. The van der Waals surface area contributed by atoms with Gasteiger partial charge >= 0.3 is 0 Å². The molecule has 0 unspecified atom stereocenters. The van der Waals surface area contributed by atoms with Crippen LogP contribution in [0.25, 0.3) is 0 Å². The van der Waals surface area contributed by atoms with Crippen LogP contribution in [-0.4, -0.2) is 53.5 Å². The maximum atomic E-state index is 12.4. The van der Waals surface area contributed by atoms with Crippen LogP contribution in [0.5, 0.6) is 0 Å². The Bertz CT molecular complexity index is 762. The molecule has 6 nitrogen and oxygen atoms in total. The topological polar surface area (TPSA) is 61.4 Å². The molecule has 0 saturated carbocycles. The first-order chi connectivity index (χ1) is 12.4. The molecule has 0 bridgehead atoms. The molecule has 7 heteroatoms. The Balaban J connectivity index is 1.54. The minimum atomic E-state index is 0.0248. The summed E-state index contributed by atoms with van der Waals surface area (Å²) in [5.74, 6) is 1.54. The molecular weight excluding hydrogens is 350 g/mol. The van der Waals surface area contributed by atoms with Crippen molar-refractivity contribution in [3.63, 3.8) is 0 Å². The summed E-state index contributed by atoms with van der Waals surface area (Å²) in [6, 6.07) is 7.81. The molecule has 0 radical (unpaired) electrons. The summed E-state index contributed by atoms with van der Waals surface area (Å²) in [5, 5.41) is 3.51. The lowest BCUT2D eigenvalue weighted by Crippen LogP contribution is -2.49. The smallest absolute Gasteiger partial charge is 0.238 e. The number of nitrogens with one attached hydrogen (secondary N) is 1. The molecule has 0 aliphatic carbocycles. The standard InChI is InChI=1S/C19H24ClN5O/c1-13-5-4-6-14(2)19(13)23-18(26)12-24-7-9-25(10-8-24)17-11-16(20)21-15(3)22-17/h4-6,11H,7-10,12H2,1-3H3,(H,23,26). The molecule has 1 saturated heterocycles. The van der Waals surface area contributed by atoms with Crippen molar-refractivity contribution in [3.05, 3.63) is 46.4 Å². The second kappa shape index (κ2) is 8.01. The van der Waals surface area contributed by atoms with E-state index in [4.69, 9.17) is 11.6 Å².